The average Bonchev–Trinajstić information content (AvgIpc) is 3.22. The highest BCUT2D eigenvalue weighted by Gasteiger charge is 2.31. The molecule has 3 rings (SSSR count). The molecule has 132 valence electrons. The van der Waals surface area contributed by atoms with E-state index < -0.39 is 11.8 Å². The van der Waals surface area contributed by atoms with Crippen molar-refractivity contribution in [2.45, 2.75) is 32.7 Å². The van der Waals surface area contributed by atoms with Gasteiger partial charge in [0.15, 0.2) is 5.76 Å². The third-order valence-electron chi connectivity index (χ3n) is 4.31. The van der Waals surface area contributed by atoms with Gasteiger partial charge in [-0.05, 0) is 25.5 Å². The van der Waals surface area contributed by atoms with Gasteiger partial charge in [0.2, 0.25) is 0 Å². The first kappa shape index (κ1) is 17.0. The van der Waals surface area contributed by atoms with Crippen LogP contribution in [0.3, 0.4) is 0 Å². The Morgan fingerprint density at radius 1 is 1.32 bits per heavy atom. The Morgan fingerprint density at radius 3 is 2.80 bits per heavy atom. The lowest BCUT2D eigenvalue weighted by molar-refractivity contribution is -0.142. The number of aromatic nitrogens is 1. The summed E-state index contributed by atoms with van der Waals surface area (Å²) in [5, 5.41) is 9.86. The second-order valence-electron chi connectivity index (χ2n) is 6.12. The number of hydrogen-bond donors (Lipinski definition) is 2. The molecule has 25 heavy (non-hydrogen) atoms. The van der Waals surface area contributed by atoms with E-state index >= 15 is 0 Å². The van der Waals surface area contributed by atoms with E-state index in [-0.39, 0.29) is 6.04 Å². The predicted octanol–water partition coefficient (Wildman–Crippen LogP) is 2.20. The van der Waals surface area contributed by atoms with Crippen molar-refractivity contribution in [1.29, 1.82) is 0 Å². The van der Waals surface area contributed by atoms with Crippen LogP contribution in [0, 0.1) is 6.92 Å². The number of para-hydroxylation sites is 1. The number of likely N-dealkylation sites (tertiary alicyclic amines) is 1. The quantitative estimate of drug-likeness (QED) is 0.832. The van der Waals surface area contributed by atoms with Crippen LogP contribution in [0.5, 0.6) is 0 Å². The largest absolute Gasteiger partial charge is 0.380 e. The van der Waals surface area contributed by atoms with E-state index in [9.17, 15) is 9.59 Å². The van der Waals surface area contributed by atoms with E-state index in [4.69, 9.17) is 4.52 Å². The Balaban J connectivity index is 1.58. The Labute approximate surface area is 146 Å². The summed E-state index contributed by atoms with van der Waals surface area (Å²) in [6.07, 6.45) is 1.40. The molecule has 0 aliphatic carbocycles. The topological polar surface area (TPSA) is 87.5 Å². The normalized spacial score (nSPS) is 16.7. The maximum absolute atomic E-state index is 12.4. The van der Waals surface area contributed by atoms with Gasteiger partial charge in [0.05, 0.1) is 0 Å². The number of anilines is 2. The van der Waals surface area contributed by atoms with Crippen LogP contribution in [-0.2, 0) is 16.0 Å². The number of rotatable bonds is 4. The number of hydrogen-bond acceptors (Lipinski definition) is 5. The highest BCUT2D eigenvalue weighted by atomic mass is 16.5. The summed E-state index contributed by atoms with van der Waals surface area (Å²) in [6.45, 7) is 4.70. The minimum absolute atomic E-state index is 0.141. The van der Waals surface area contributed by atoms with Gasteiger partial charge in [-0.25, -0.2) is 0 Å². The summed E-state index contributed by atoms with van der Waals surface area (Å²) in [5.74, 6) is -0.606. The van der Waals surface area contributed by atoms with E-state index in [1.165, 1.54) is 0 Å². The van der Waals surface area contributed by atoms with Gasteiger partial charge in [0, 0.05) is 31.2 Å². The molecule has 1 aliphatic heterocycles. The minimum Gasteiger partial charge on any atom is -0.380 e. The van der Waals surface area contributed by atoms with E-state index in [1.807, 2.05) is 37.3 Å². The maximum atomic E-state index is 12.4. The molecule has 2 N–H and O–H groups in total. The molecule has 1 aromatic heterocycles. The minimum atomic E-state index is -0.652. The molecular formula is C18H22N4O3. The molecule has 2 amide bonds. The lowest BCUT2D eigenvalue weighted by Gasteiger charge is -2.17. The van der Waals surface area contributed by atoms with Crippen LogP contribution in [0.1, 0.15) is 24.8 Å². The molecule has 1 aliphatic rings. The first-order valence-electron chi connectivity index (χ1n) is 8.45. The van der Waals surface area contributed by atoms with Crippen molar-refractivity contribution in [1.82, 2.24) is 10.1 Å². The third kappa shape index (κ3) is 3.81. The SMILES string of the molecule is CCc1onc(C)c1NC(=O)C(=O)N1CC[C@@H](Nc2ccccc2)C1. The van der Waals surface area contributed by atoms with Crippen molar-refractivity contribution in [3.05, 3.63) is 41.8 Å². The van der Waals surface area contributed by atoms with Gasteiger partial charge in [-0.3, -0.25) is 9.59 Å². The van der Waals surface area contributed by atoms with Crippen molar-refractivity contribution in [3.63, 3.8) is 0 Å². The third-order valence-corrected chi connectivity index (χ3v) is 4.31. The van der Waals surface area contributed by atoms with Gasteiger partial charge in [-0.1, -0.05) is 30.3 Å². The molecular weight excluding hydrogens is 320 g/mol. The number of nitrogens with one attached hydrogen (secondary N) is 2. The Hall–Kier alpha value is -2.83. The summed E-state index contributed by atoms with van der Waals surface area (Å²) in [4.78, 5) is 26.3. The molecule has 1 saturated heterocycles. The molecule has 1 aromatic carbocycles. The van der Waals surface area contributed by atoms with E-state index in [1.54, 1.807) is 11.8 Å². The summed E-state index contributed by atoms with van der Waals surface area (Å²) < 4.78 is 5.13. The van der Waals surface area contributed by atoms with Gasteiger partial charge in [0.25, 0.3) is 0 Å². The second-order valence-corrected chi connectivity index (χ2v) is 6.12. The molecule has 0 spiro atoms. The molecule has 2 heterocycles. The van der Waals surface area contributed by atoms with E-state index in [0.717, 1.165) is 12.1 Å². The fraction of sp³-hybridized carbons (Fsp3) is 0.389. The molecule has 1 fully saturated rings. The van der Waals surface area contributed by atoms with Crippen LogP contribution in [-0.4, -0.2) is 41.0 Å². The van der Waals surface area contributed by atoms with Crippen LogP contribution in [0.15, 0.2) is 34.9 Å². The number of aryl methyl sites for hydroxylation is 2. The van der Waals surface area contributed by atoms with Gasteiger partial charge >= 0.3 is 11.8 Å². The smallest absolute Gasteiger partial charge is 0.314 e. The fourth-order valence-electron chi connectivity index (χ4n) is 2.96. The standard InChI is InChI=1S/C18H22N4O3/c1-3-15-16(12(2)21-25-15)20-17(23)18(24)22-10-9-14(11-22)19-13-7-5-4-6-8-13/h4-8,14,19H,3,9-11H2,1-2H3,(H,20,23)/t14-/m1/s1. The lowest BCUT2D eigenvalue weighted by atomic mass is 10.2. The fourth-order valence-corrected chi connectivity index (χ4v) is 2.96. The molecule has 2 aromatic rings. The maximum Gasteiger partial charge on any atom is 0.314 e. The van der Waals surface area contributed by atoms with Crippen LogP contribution in [0.25, 0.3) is 0 Å². The van der Waals surface area contributed by atoms with Crippen molar-refractivity contribution < 1.29 is 14.1 Å². The van der Waals surface area contributed by atoms with Crippen molar-refractivity contribution in [3.8, 4) is 0 Å². The predicted molar refractivity (Wildman–Crippen MR) is 94.3 cm³/mol. The van der Waals surface area contributed by atoms with Crippen LogP contribution >= 0.6 is 0 Å². The molecule has 0 radical (unpaired) electrons. The zero-order chi connectivity index (χ0) is 17.8. The molecule has 0 unspecified atom stereocenters. The van der Waals surface area contributed by atoms with Crippen LogP contribution < -0.4 is 10.6 Å². The van der Waals surface area contributed by atoms with Crippen molar-refractivity contribution in [2.24, 2.45) is 0 Å². The zero-order valence-electron chi connectivity index (χ0n) is 14.4. The van der Waals surface area contributed by atoms with Gasteiger partial charge < -0.3 is 20.1 Å². The zero-order valence-corrected chi connectivity index (χ0v) is 14.4. The van der Waals surface area contributed by atoms with Crippen molar-refractivity contribution >= 4 is 23.2 Å². The summed E-state index contributed by atoms with van der Waals surface area (Å²) in [7, 11) is 0. The highest BCUT2D eigenvalue weighted by molar-refractivity contribution is 6.39. The summed E-state index contributed by atoms with van der Waals surface area (Å²) in [5.41, 5.74) is 2.08. The van der Waals surface area contributed by atoms with E-state index in [2.05, 4.69) is 15.8 Å². The Kier molecular flexibility index (Phi) is 5.02. The Bertz CT molecular complexity index is 757. The van der Waals surface area contributed by atoms with Crippen LogP contribution in [0.4, 0.5) is 11.4 Å². The first-order valence-corrected chi connectivity index (χ1v) is 8.45. The van der Waals surface area contributed by atoms with E-state index in [0.29, 0.717) is 36.7 Å². The second kappa shape index (κ2) is 7.38. The highest BCUT2D eigenvalue weighted by Crippen LogP contribution is 2.21. The van der Waals surface area contributed by atoms with Crippen LogP contribution in [0.2, 0.25) is 0 Å². The average molecular weight is 342 g/mol. The number of amides is 2. The lowest BCUT2D eigenvalue weighted by Crippen LogP contribution is -2.39. The molecule has 0 saturated carbocycles. The number of carbonyl (C=O) groups excluding carboxylic acids is 2. The molecule has 1 atom stereocenters. The summed E-state index contributed by atoms with van der Waals surface area (Å²) in [6, 6.07) is 9.98. The first-order chi connectivity index (χ1) is 12.1. The summed E-state index contributed by atoms with van der Waals surface area (Å²) >= 11 is 0. The molecule has 0 bridgehead atoms. The van der Waals surface area contributed by atoms with Gasteiger partial charge in [-0.2, -0.15) is 0 Å². The van der Waals surface area contributed by atoms with Gasteiger partial charge in [-0.15, -0.1) is 0 Å². The number of carbonyl (C=O) groups is 2. The molecule has 7 heteroatoms. The van der Waals surface area contributed by atoms with Crippen molar-refractivity contribution in [2.75, 3.05) is 23.7 Å². The number of nitrogens with zero attached hydrogens (tertiary/aromatic N) is 2. The Morgan fingerprint density at radius 2 is 2.08 bits per heavy atom. The monoisotopic (exact) mass is 342 g/mol. The number of benzene rings is 1. The van der Waals surface area contributed by atoms with Gasteiger partial charge in [0.1, 0.15) is 11.4 Å². The molecule has 7 nitrogen and oxygen atoms in total.